The zero-order chi connectivity index (χ0) is 10.6. The van der Waals surface area contributed by atoms with Gasteiger partial charge in [-0.2, -0.15) is 0 Å². The van der Waals surface area contributed by atoms with Crippen LogP contribution in [0.15, 0.2) is 23.4 Å². The molecule has 0 N–H and O–H groups in total. The molecule has 1 aromatic heterocycles. The largest absolute Gasteiger partial charge is 0.263 e. The van der Waals surface area contributed by atoms with E-state index in [1.807, 2.05) is 0 Å². The molecular weight excluding hydrogens is 198 g/mol. The lowest BCUT2D eigenvalue weighted by atomic mass is 10.2. The van der Waals surface area contributed by atoms with Crippen LogP contribution in [-0.4, -0.2) is 19.2 Å². The SMILES string of the molecule is CCCc1cncc(S(=O)(=O)CC)c1. The van der Waals surface area contributed by atoms with E-state index < -0.39 is 9.84 Å². The quantitative estimate of drug-likeness (QED) is 0.766. The fourth-order valence-electron chi connectivity index (χ4n) is 1.23. The highest BCUT2D eigenvalue weighted by Gasteiger charge is 2.11. The fraction of sp³-hybridized carbons (Fsp3) is 0.500. The highest BCUT2D eigenvalue weighted by Crippen LogP contribution is 2.12. The summed E-state index contributed by atoms with van der Waals surface area (Å²) in [4.78, 5) is 4.28. The van der Waals surface area contributed by atoms with E-state index in [4.69, 9.17) is 0 Å². The van der Waals surface area contributed by atoms with Gasteiger partial charge in [-0.15, -0.1) is 0 Å². The Bertz CT molecular complexity index is 398. The van der Waals surface area contributed by atoms with E-state index >= 15 is 0 Å². The van der Waals surface area contributed by atoms with E-state index in [9.17, 15) is 8.42 Å². The Labute approximate surface area is 85.1 Å². The van der Waals surface area contributed by atoms with E-state index in [2.05, 4.69) is 11.9 Å². The first-order valence-electron chi connectivity index (χ1n) is 4.76. The van der Waals surface area contributed by atoms with Crippen LogP contribution < -0.4 is 0 Å². The minimum absolute atomic E-state index is 0.129. The molecule has 0 spiro atoms. The predicted octanol–water partition coefficient (Wildman–Crippen LogP) is 1.83. The van der Waals surface area contributed by atoms with Crippen molar-refractivity contribution >= 4 is 9.84 Å². The number of aromatic nitrogens is 1. The smallest absolute Gasteiger partial charge is 0.179 e. The van der Waals surface area contributed by atoms with Gasteiger partial charge in [0.2, 0.25) is 0 Å². The number of nitrogens with zero attached hydrogens (tertiary/aromatic N) is 1. The third-order valence-corrected chi connectivity index (χ3v) is 3.75. The maximum absolute atomic E-state index is 11.5. The molecule has 0 saturated heterocycles. The summed E-state index contributed by atoms with van der Waals surface area (Å²) in [5, 5.41) is 0. The normalized spacial score (nSPS) is 11.6. The van der Waals surface area contributed by atoms with Crippen LogP contribution in [0.4, 0.5) is 0 Å². The number of pyridine rings is 1. The van der Waals surface area contributed by atoms with E-state index in [-0.39, 0.29) is 5.75 Å². The Morgan fingerprint density at radius 2 is 2.00 bits per heavy atom. The van der Waals surface area contributed by atoms with Gasteiger partial charge in [-0.1, -0.05) is 20.3 Å². The molecule has 0 radical (unpaired) electrons. The minimum Gasteiger partial charge on any atom is -0.263 e. The van der Waals surface area contributed by atoms with Gasteiger partial charge in [-0.25, -0.2) is 8.42 Å². The van der Waals surface area contributed by atoms with Gasteiger partial charge in [0, 0.05) is 12.4 Å². The molecule has 0 fully saturated rings. The van der Waals surface area contributed by atoms with Crippen LogP contribution >= 0.6 is 0 Å². The second-order valence-corrected chi connectivity index (χ2v) is 5.46. The maximum Gasteiger partial charge on any atom is 0.179 e. The second-order valence-electron chi connectivity index (χ2n) is 3.18. The van der Waals surface area contributed by atoms with Crippen molar-refractivity contribution in [1.82, 2.24) is 4.98 Å². The van der Waals surface area contributed by atoms with Gasteiger partial charge in [0.25, 0.3) is 0 Å². The molecule has 0 amide bonds. The highest BCUT2D eigenvalue weighted by atomic mass is 32.2. The van der Waals surface area contributed by atoms with Crippen molar-refractivity contribution in [2.75, 3.05) is 5.75 Å². The molecule has 14 heavy (non-hydrogen) atoms. The number of sulfone groups is 1. The molecule has 0 aliphatic rings. The van der Waals surface area contributed by atoms with Crippen molar-refractivity contribution in [3.8, 4) is 0 Å². The highest BCUT2D eigenvalue weighted by molar-refractivity contribution is 7.91. The summed E-state index contributed by atoms with van der Waals surface area (Å²) >= 11 is 0. The summed E-state index contributed by atoms with van der Waals surface area (Å²) in [5.74, 6) is 0.129. The third kappa shape index (κ3) is 2.54. The van der Waals surface area contributed by atoms with Crippen LogP contribution in [0.1, 0.15) is 25.8 Å². The lowest BCUT2D eigenvalue weighted by Gasteiger charge is -2.03. The van der Waals surface area contributed by atoms with Crippen molar-refractivity contribution in [1.29, 1.82) is 0 Å². The number of aryl methyl sites for hydroxylation is 1. The molecule has 3 nitrogen and oxygen atoms in total. The molecule has 1 aromatic rings. The van der Waals surface area contributed by atoms with Crippen LogP contribution in [0.2, 0.25) is 0 Å². The minimum atomic E-state index is -3.10. The number of hydrogen-bond donors (Lipinski definition) is 0. The zero-order valence-electron chi connectivity index (χ0n) is 8.53. The van der Waals surface area contributed by atoms with E-state index in [0.717, 1.165) is 18.4 Å². The first-order valence-corrected chi connectivity index (χ1v) is 6.42. The van der Waals surface area contributed by atoms with Crippen LogP contribution in [0, 0.1) is 0 Å². The summed E-state index contributed by atoms with van der Waals surface area (Å²) in [6, 6.07) is 1.72. The molecular formula is C10H15NO2S. The average molecular weight is 213 g/mol. The van der Waals surface area contributed by atoms with Gasteiger partial charge in [0.1, 0.15) is 0 Å². The standard InChI is InChI=1S/C10H15NO2S/c1-3-5-9-6-10(8-11-7-9)14(12,13)4-2/h6-8H,3-5H2,1-2H3. The molecule has 0 bridgehead atoms. The van der Waals surface area contributed by atoms with Gasteiger partial charge in [-0.05, 0) is 18.1 Å². The monoisotopic (exact) mass is 213 g/mol. The van der Waals surface area contributed by atoms with E-state index in [1.54, 1.807) is 19.2 Å². The Morgan fingerprint density at radius 1 is 1.29 bits per heavy atom. The lowest BCUT2D eigenvalue weighted by molar-refractivity contribution is 0.596. The summed E-state index contributed by atoms with van der Waals surface area (Å²) < 4.78 is 23.0. The Hall–Kier alpha value is -0.900. The molecule has 0 saturated carbocycles. The molecule has 78 valence electrons. The van der Waals surface area contributed by atoms with Crippen LogP contribution in [0.3, 0.4) is 0 Å². The number of rotatable bonds is 4. The van der Waals surface area contributed by atoms with Crippen LogP contribution in [0.5, 0.6) is 0 Å². The first kappa shape index (κ1) is 11.2. The second kappa shape index (κ2) is 4.55. The third-order valence-electron chi connectivity index (χ3n) is 2.05. The molecule has 0 aromatic carbocycles. The molecule has 0 unspecified atom stereocenters. The van der Waals surface area contributed by atoms with Gasteiger partial charge in [0.05, 0.1) is 10.6 Å². The van der Waals surface area contributed by atoms with Crippen LogP contribution in [-0.2, 0) is 16.3 Å². The molecule has 1 rings (SSSR count). The van der Waals surface area contributed by atoms with Gasteiger partial charge in [0.15, 0.2) is 9.84 Å². The van der Waals surface area contributed by atoms with Crippen molar-refractivity contribution in [2.45, 2.75) is 31.6 Å². The molecule has 0 aliphatic heterocycles. The summed E-state index contributed by atoms with van der Waals surface area (Å²) in [6.45, 7) is 3.70. The summed E-state index contributed by atoms with van der Waals surface area (Å²) in [7, 11) is -3.10. The number of hydrogen-bond acceptors (Lipinski definition) is 3. The lowest BCUT2D eigenvalue weighted by Crippen LogP contribution is -2.04. The Balaban J connectivity index is 3.06. The fourth-order valence-corrected chi connectivity index (χ4v) is 2.11. The topological polar surface area (TPSA) is 47.0 Å². The van der Waals surface area contributed by atoms with Gasteiger partial charge in [-0.3, -0.25) is 4.98 Å². The zero-order valence-corrected chi connectivity index (χ0v) is 9.34. The van der Waals surface area contributed by atoms with Gasteiger partial charge >= 0.3 is 0 Å². The van der Waals surface area contributed by atoms with Crippen LogP contribution in [0.25, 0.3) is 0 Å². The molecule has 0 aliphatic carbocycles. The van der Waals surface area contributed by atoms with E-state index in [1.165, 1.54) is 6.20 Å². The Kier molecular flexibility index (Phi) is 3.63. The molecule has 0 atom stereocenters. The Morgan fingerprint density at radius 3 is 2.57 bits per heavy atom. The van der Waals surface area contributed by atoms with E-state index in [0.29, 0.717) is 4.90 Å². The van der Waals surface area contributed by atoms with Crippen molar-refractivity contribution in [3.63, 3.8) is 0 Å². The molecule has 4 heteroatoms. The summed E-state index contributed by atoms with van der Waals surface area (Å²) in [6.07, 6.45) is 5.01. The maximum atomic E-state index is 11.5. The van der Waals surface area contributed by atoms with Crippen molar-refractivity contribution in [3.05, 3.63) is 24.0 Å². The predicted molar refractivity (Wildman–Crippen MR) is 56.0 cm³/mol. The molecule has 1 heterocycles. The van der Waals surface area contributed by atoms with Crippen molar-refractivity contribution in [2.24, 2.45) is 0 Å². The van der Waals surface area contributed by atoms with Crippen molar-refractivity contribution < 1.29 is 8.42 Å². The van der Waals surface area contributed by atoms with Gasteiger partial charge < -0.3 is 0 Å². The average Bonchev–Trinajstić information content (AvgIpc) is 2.19. The first-order chi connectivity index (χ1) is 6.60. The summed E-state index contributed by atoms with van der Waals surface area (Å²) in [5.41, 5.74) is 0.988.